The maximum Gasteiger partial charge on any atom is 0.00641 e. The van der Waals surface area contributed by atoms with Crippen LogP contribution in [0.25, 0.3) is 0 Å². The third-order valence-corrected chi connectivity index (χ3v) is 3.86. The Morgan fingerprint density at radius 2 is 1.69 bits per heavy atom. The van der Waals surface area contributed by atoms with Gasteiger partial charge in [0.1, 0.15) is 0 Å². The minimum Gasteiger partial charge on any atom is -0.317 e. The largest absolute Gasteiger partial charge is 0.317 e. The third-order valence-electron chi connectivity index (χ3n) is 3.86. The van der Waals surface area contributed by atoms with Crippen LogP contribution in [-0.4, -0.2) is 13.1 Å². The first-order valence-corrected chi connectivity index (χ1v) is 5.82. The zero-order chi connectivity index (χ0) is 9.84. The predicted molar refractivity (Wildman–Crippen MR) is 58.8 cm³/mol. The van der Waals surface area contributed by atoms with E-state index in [9.17, 15) is 0 Å². The summed E-state index contributed by atoms with van der Waals surface area (Å²) in [7, 11) is 2.09. The molecule has 1 rings (SSSR count). The van der Waals surface area contributed by atoms with Gasteiger partial charge in [-0.05, 0) is 44.6 Å². The standard InChI is InChI=1S/C12H25N/c1-9(2)11-6-5-7-12(8-11)10(3)13-4/h9-13H,5-8H2,1-4H3. The fraction of sp³-hybridized carbons (Fsp3) is 1.00. The first-order chi connectivity index (χ1) is 6.15. The molecule has 1 saturated carbocycles. The van der Waals surface area contributed by atoms with Crippen molar-refractivity contribution in [1.82, 2.24) is 5.32 Å². The second-order valence-corrected chi connectivity index (χ2v) is 5.01. The molecule has 0 bridgehead atoms. The number of nitrogens with one attached hydrogen (secondary N) is 1. The van der Waals surface area contributed by atoms with Gasteiger partial charge in [-0.1, -0.05) is 26.7 Å². The van der Waals surface area contributed by atoms with Crippen molar-refractivity contribution in [2.75, 3.05) is 7.05 Å². The highest BCUT2D eigenvalue weighted by Crippen LogP contribution is 2.34. The van der Waals surface area contributed by atoms with Crippen LogP contribution in [0.15, 0.2) is 0 Å². The molecule has 1 nitrogen and oxygen atoms in total. The molecule has 1 N–H and O–H groups in total. The summed E-state index contributed by atoms with van der Waals surface area (Å²) in [4.78, 5) is 0. The molecule has 1 aliphatic carbocycles. The van der Waals surface area contributed by atoms with Crippen LogP contribution in [0.3, 0.4) is 0 Å². The maximum absolute atomic E-state index is 3.39. The summed E-state index contributed by atoms with van der Waals surface area (Å²) >= 11 is 0. The first-order valence-electron chi connectivity index (χ1n) is 5.82. The molecule has 0 saturated heterocycles. The van der Waals surface area contributed by atoms with Crippen LogP contribution in [0.1, 0.15) is 46.5 Å². The van der Waals surface area contributed by atoms with Gasteiger partial charge < -0.3 is 5.32 Å². The van der Waals surface area contributed by atoms with Crippen molar-refractivity contribution in [2.24, 2.45) is 17.8 Å². The van der Waals surface area contributed by atoms with E-state index in [0.29, 0.717) is 6.04 Å². The smallest absolute Gasteiger partial charge is 0.00641 e. The van der Waals surface area contributed by atoms with Gasteiger partial charge in [0, 0.05) is 6.04 Å². The van der Waals surface area contributed by atoms with Crippen LogP contribution in [0.2, 0.25) is 0 Å². The molecule has 0 amide bonds. The molecule has 0 radical (unpaired) electrons. The highest BCUT2D eigenvalue weighted by molar-refractivity contribution is 4.80. The van der Waals surface area contributed by atoms with E-state index in [1.54, 1.807) is 0 Å². The molecule has 0 aromatic carbocycles. The van der Waals surface area contributed by atoms with Crippen molar-refractivity contribution in [3.8, 4) is 0 Å². The molecule has 0 heterocycles. The Labute approximate surface area is 83.3 Å². The quantitative estimate of drug-likeness (QED) is 0.709. The van der Waals surface area contributed by atoms with Crippen molar-refractivity contribution in [2.45, 2.75) is 52.5 Å². The summed E-state index contributed by atoms with van der Waals surface area (Å²) in [5.74, 6) is 2.78. The van der Waals surface area contributed by atoms with Gasteiger partial charge in [-0.15, -0.1) is 0 Å². The lowest BCUT2D eigenvalue weighted by molar-refractivity contribution is 0.187. The lowest BCUT2D eigenvalue weighted by Crippen LogP contribution is -2.34. The molecule has 0 spiro atoms. The summed E-state index contributed by atoms with van der Waals surface area (Å²) in [5.41, 5.74) is 0. The third kappa shape index (κ3) is 2.98. The average Bonchev–Trinajstić information content (AvgIpc) is 2.17. The fourth-order valence-electron chi connectivity index (χ4n) is 2.56. The molecule has 1 aliphatic rings. The summed E-state index contributed by atoms with van der Waals surface area (Å²) in [6.45, 7) is 7.07. The van der Waals surface area contributed by atoms with E-state index in [4.69, 9.17) is 0 Å². The Hall–Kier alpha value is -0.0400. The van der Waals surface area contributed by atoms with Gasteiger partial charge in [-0.2, -0.15) is 0 Å². The van der Waals surface area contributed by atoms with Crippen LogP contribution in [0.5, 0.6) is 0 Å². The monoisotopic (exact) mass is 183 g/mol. The maximum atomic E-state index is 3.39. The van der Waals surface area contributed by atoms with E-state index in [-0.39, 0.29) is 0 Å². The van der Waals surface area contributed by atoms with E-state index in [0.717, 1.165) is 17.8 Å². The van der Waals surface area contributed by atoms with Crippen LogP contribution in [-0.2, 0) is 0 Å². The van der Waals surface area contributed by atoms with E-state index in [1.807, 2.05) is 0 Å². The van der Waals surface area contributed by atoms with Gasteiger partial charge in [0.2, 0.25) is 0 Å². The zero-order valence-corrected chi connectivity index (χ0v) is 9.64. The lowest BCUT2D eigenvalue weighted by Gasteiger charge is -2.34. The van der Waals surface area contributed by atoms with Gasteiger partial charge in [0.25, 0.3) is 0 Å². The Balaban J connectivity index is 2.41. The van der Waals surface area contributed by atoms with Crippen molar-refractivity contribution < 1.29 is 0 Å². The van der Waals surface area contributed by atoms with Gasteiger partial charge in [-0.25, -0.2) is 0 Å². The van der Waals surface area contributed by atoms with Gasteiger partial charge >= 0.3 is 0 Å². The predicted octanol–water partition coefficient (Wildman–Crippen LogP) is 3.06. The van der Waals surface area contributed by atoms with E-state index in [2.05, 4.69) is 33.1 Å². The van der Waals surface area contributed by atoms with Crippen molar-refractivity contribution in [1.29, 1.82) is 0 Å². The van der Waals surface area contributed by atoms with E-state index < -0.39 is 0 Å². The van der Waals surface area contributed by atoms with Crippen LogP contribution in [0, 0.1) is 17.8 Å². The van der Waals surface area contributed by atoms with Crippen molar-refractivity contribution in [3.05, 3.63) is 0 Å². The van der Waals surface area contributed by atoms with E-state index >= 15 is 0 Å². The second kappa shape index (κ2) is 4.99. The molecule has 0 aromatic rings. The molecule has 1 heteroatoms. The number of hydrogen-bond acceptors (Lipinski definition) is 1. The topological polar surface area (TPSA) is 12.0 Å². The molecular weight excluding hydrogens is 158 g/mol. The Morgan fingerprint density at radius 3 is 2.23 bits per heavy atom. The molecule has 3 unspecified atom stereocenters. The fourth-order valence-corrected chi connectivity index (χ4v) is 2.56. The summed E-state index contributed by atoms with van der Waals surface area (Å²) in [6, 6.07) is 0.710. The van der Waals surface area contributed by atoms with Crippen molar-refractivity contribution in [3.63, 3.8) is 0 Å². The van der Waals surface area contributed by atoms with Gasteiger partial charge in [0.15, 0.2) is 0 Å². The Kier molecular flexibility index (Phi) is 4.24. The van der Waals surface area contributed by atoms with Gasteiger partial charge in [-0.3, -0.25) is 0 Å². The minimum absolute atomic E-state index is 0.710. The Morgan fingerprint density at radius 1 is 1.08 bits per heavy atom. The lowest BCUT2D eigenvalue weighted by atomic mass is 9.74. The SMILES string of the molecule is CNC(C)C1CCCC(C(C)C)C1. The molecule has 0 aliphatic heterocycles. The molecule has 0 aromatic heterocycles. The Bertz CT molecular complexity index is 142. The molecule has 1 fully saturated rings. The summed E-state index contributed by atoms with van der Waals surface area (Å²) < 4.78 is 0. The van der Waals surface area contributed by atoms with Crippen molar-refractivity contribution >= 4 is 0 Å². The molecule has 3 atom stereocenters. The highest BCUT2D eigenvalue weighted by atomic mass is 14.9. The van der Waals surface area contributed by atoms with E-state index in [1.165, 1.54) is 25.7 Å². The molecule has 13 heavy (non-hydrogen) atoms. The molecular formula is C12H25N. The zero-order valence-electron chi connectivity index (χ0n) is 9.64. The normalized spacial score (nSPS) is 32.1. The second-order valence-electron chi connectivity index (χ2n) is 5.01. The number of rotatable bonds is 3. The van der Waals surface area contributed by atoms with Crippen LogP contribution in [0.4, 0.5) is 0 Å². The van der Waals surface area contributed by atoms with Crippen LogP contribution < -0.4 is 5.32 Å². The average molecular weight is 183 g/mol. The number of hydrogen-bond donors (Lipinski definition) is 1. The van der Waals surface area contributed by atoms with Crippen LogP contribution >= 0.6 is 0 Å². The summed E-state index contributed by atoms with van der Waals surface area (Å²) in [5, 5.41) is 3.39. The minimum atomic E-state index is 0.710. The van der Waals surface area contributed by atoms with Gasteiger partial charge in [0.05, 0.1) is 0 Å². The molecule has 78 valence electrons. The first kappa shape index (κ1) is 11.0. The summed E-state index contributed by atoms with van der Waals surface area (Å²) in [6.07, 6.45) is 5.79. The highest BCUT2D eigenvalue weighted by Gasteiger charge is 2.26.